The molecule has 0 saturated carbocycles. The molecule has 1 aromatic rings. The number of hydrogen-bond acceptors (Lipinski definition) is 5. The predicted molar refractivity (Wildman–Crippen MR) is 73.3 cm³/mol. The molecule has 19 heavy (non-hydrogen) atoms. The van der Waals surface area contributed by atoms with Gasteiger partial charge in [-0.05, 0) is 0 Å². The van der Waals surface area contributed by atoms with Crippen molar-refractivity contribution >= 4 is 28.3 Å². The van der Waals surface area contributed by atoms with Crippen LogP contribution in [0.25, 0.3) is 0 Å². The molecule has 1 unspecified atom stereocenters. The Morgan fingerprint density at radius 1 is 1.53 bits per heavy atom. The summed E-state index contributed by atoms with van der Waals surface area (Å²) in [5.74, 6) is -0.770. The summed E-state index contributed by atoms with van der Waals surface area (Å²) < 4.78 is 4.69. The lowest BCUT2D eigenvalue weighted by Crippen LogP contribution is -2.26. The van der Waals surface area contributed by atoms with Crippen molar-refractivity contribution in [3.05, 3.63) is 11.1 Å². The third-order valence-corrected chi connectivity index (χ3v) is 4.01. The monoisotopic (exact) mass is 282 g/mol. The van der Waals surface area contributed by atoms with Crippen molar-refractivity contribution in [3.8, 4) is 0 Å². The topological polar surface area (TPSA) is 59.5 Å². The van der Waals surface area contributed by atoms with Gasteiger partial charge in [0.2, 0.25) is 5.91 Å². The molecule has 1 amide bonds. The van der Waals surface area contributed by atoms with Crippen LogP contribution in [0.1, 0.15) is 32.9 Å². The molecular weight excluding hydrogens is 264 g/mol. The lowest BCUT2D eigenvalue weighted by molar-refractivity contribution is -0.145. The highest BCUT2D eigenvalue weighted by Crippen LogP contribution is 2.32. The van der Waals surface area contributed by atoms with E-state index in [9.17, 15) is 9.59 Å². The second kappa shape index (κ2) is 4.92. The first-order valence-electron chi connectivity index (χ1n) is 6.17. The van der Waals surface area contributed by atoms with Crippen molar-refractivity contribution in [2.75, 3.05) is 18.6 Å². The van der Waals surface area contributed by atoms with Crippen LogP contribution in [0.2, 0.25) is 0 Å². The molecule has 5 nitrogen and oxygen atoms in total. The Bertz CT molecular complexity index is 504. The summed E-state index contributed by atoms with van der Waals surface area (Å²) in [6.45, 7) is 6.60. The zero-order valence-corrected chi connectivity index (χ0v) is 12.4. The van der Waals surface area contributed by atoms with Crippen molar-refractivity contribution < 1.29 is 14.3 Å². The number of aromatic nitrogens is 1. The first-order chi connectivity index (χ1) is 8.82. The van der Waals surface area contributed by atoms with E-state index in [1.54, 1.807) is 4.90 Å². The quantitative estimate of drug-likeness (QED) is 0.778. The Balaban J connectivity index is 2.17. The van der Waals surface area contributed by atoms with E-state index < -0.39 is 0 Å². The van der Waals surface area contributed by atoms with E-state index in [1.165, 1.54) is 18.4 Å². The largest absolute Gasteiger partial charge is 0.469 e. The van der Waals surface area contributed by atoms with Gasteiger partial charge in [-0.15, -0.1) is 11.3 Å². The number of ether oxygens (including phenoxy) is 1. The van der Waals surface area contributed by atoms with E-state index in [1.807, 2.05) is 5.38 Å². The molecule has 2 rings (SSSR count). The Kier molecular flexibility index (Phi) is 3.62. The lowest BCUT2D eigenvalue weighted by atomic mass is 9.93. The van der Waals surface area contributed by atoms with Crippen LogP contribution in [-0.2, 0) is 19.7 Å². The van der Waals surface area contributed by atoms with Gasteiger partial charge in [-0.1, -0.05) is 20.8 Å². The zero-order chi connectivity index (χ0) is 14.2. The number of rotatable bonds is 2. The number of amides is 1. The molecule has 0 N–H and O–H groups in total. The molecule has 1 atom stereocenters. The van der Waals surface area contributed by atoms with Gasteiger partial charge in [0.1, 0.15) is 0 Å². The third kappa shape index (κ3) is 2.78. The minimum Gasteiger partial charge on any atom is -0.469 e. The van der Waals surface area contributed by atoms with Gasteiger partial charge in [0.15, 0.2) is 5.13 Å². The first-order valence-corrected chi connectivity index (χ1v) is 7.05. The molecule has 0 spiro atoms. The van der Waals surface area contributed by atoms with E-state index in [0.29, 0.717) is 11.7 Å². The summed E-state index contributed by atoms with van der Waals surface area (Å²) in [5.41, 5.74) is 0.918. The highest BCUT2D eigenvalue weighted by atomic mass is 32.1. The normalized spacial score (nSPS) is 19.9. The summed E-state index contributed by atoms with van der Waals surface area (Å²) >= 11 is 1.44. The fraction of sp³-hybridized carbons (Fsp3) is 0.615. The first kappa shape index (κ1) is 14.0. The maximum Gasteiger partial charge on any atom is 0.311 e. The predicted octanol–water partition coefficient (Wildman–Crippen LogP) is 1.97. The van der Waals surface area contributed by atoms with Gasteiger partial charge in [-0.2, -0.15) is 0 Å². The zero-order valence-electron chi connectivity index (χ0n) is 11.6. The standard InChI is InChI=1S/C13H18N2O3S/c1-13(2,3)9-7-19-12(14-9)15-6-8(5-10(15)16)11(17)18-4/h7-8H,5-6H2,1-4H3. The van der Waals surface area contributed by atoms with Crippen molar-refractivity contribution in [2.45, 2.75) is 32.6 Å². The number of methoxy groups -OCH3 is 1. The van der Waals surface area contributed by atoms with Gasteiger partial charge >= 0.3 is 5.97 Å². The average molecular weight is 282 g/mol. The fourth-order valence-electron chi connectivity index (χ4n) is 1.95. The van der Waals surface area contributed by atoms with Gasteiger partial charge in [0.05, 0.1) is 18.7 Å². The van der Waals surface area contributed by atoms with Crippen molar-refractivity contribution in [1.82, 2.24) is 4.98 Å². The highest BCUT2D eigenvalue weighted by Gasteiger charge is 2.37. The Morgan fingerprint density at radius 3 is 2.74 bits per heavy atom. The Morgan fingerprint density at radius 2 is 2.21 bits per heavy atom. The van der Waals surface area contributed by atoms with Gasteiger partial charge in [0.25, 0.3) is 0 Å². The molecular formula is C13H18N2O3S. The smallest absolute Gasteiger partial charge is 0.311 e. The molecule has 1 saturated heterocycles. The molecule has 104 valence electrons. The molecule has 1 aliphatic heterocycles. The van der Waals surface area contributed by atoms with Crippen LogP contribution < -0.4 is 4.90 Å². The van der Waals surface area contributed by atoms with E-state index in [-0.39, 0.29) is 29.6 Å². The molecule has 0 bridgehead atoms. The van der Waals surface area contributed by atoms with Crippen molar-refractivity contribution in [3.63, 3.8) is 0 Å². The molecule has 0 radical (unpaired) electrons. The van der Waals surface area contributed by atoms with Crippen molar-refractivity contribution in [2.24, 2.45) is 5.92 Å². The van der Waals surface area contributed by atoms with Gasteiger partial charge in [-0.3, -0.25) is 14.5 Å². The Hall–Kier alpha value is -1.43. The van der Waals surface area contributed by atoms with Gasteiger partial charge < -0.3 is 4.74 Å². The summed E-state index contributed by atoms with van der Waals surface area (Å²) in [5, 5.41) is 2.63. The third-order valence-electron chi connectivity index (χ3n) is 3.15. The molecule has 1 fully saturated rings. The molecule has 0 aromatic carbocycles. The number of carbonyl (C=O) groups excluding carboxylic acids is 2. The van der Waals surface area contributed by atoms with Crippen LogP contribution in [0, 0.1) is 5.92 Å². The number of nitrogens with zero attached hydrogens (tertiary/aromatic N) is 2. The number of anilines is 1. The number of carbonyl (C=O) groups is 2. The minimum atomic E-state index is -0.375. The van der Waals surface area contributed by atoms with Crippen LogP contribution in [0.4, 0.5) is 5.13 Å². The molecule has 6 heteroatoms. The van der Waals surface area contributed by atoms with E-state index in [0.717, 1.165) is 5.69 Å². The molecule has 1 aliphatic rings. The van der Waals surface area contributed by atoms with Crippen LogP contribution in [0.15, 0.2) is 5.38 Å². The lowest BCUT2D eigenvalue weighted by Gasteiger charge is -2.15. The summed E-state index contributed by atoms with van der Waals surface area (Å²) in [6.07, 6.45) is 0.205. The van der Waals surface area contributed by atoms with Crippen LogP contribution >= 0.6 is 11.3 Å². The van der Waals surface area contributed by atoms with Gasteiger partial charge in [0, 0.05) is 23.8 Å². The fourth-order valence-corrected chi connectivity index (χ4v) is 3.03. The van der Waals surface area contributed by atoms with Crippen molar-refractivity contribution in [1.29, 1.82) is 0 Å². The van der Waals surface area contributed by atoms with Crippen LogP contribution in [-0.4, -0.2) is 30.5 Å². The van der Waals surface area contributed by atoms with Crippen LogP contribution in [0.5, 0.6) is 0 Å². The highest BCUT2D eigenvalue weighted by molar-refractivity contribution is 7.14. The maximum atomic E-state index is 11.9. The summed E-state index contributed by atoms with van der Waals surface area (Å²) in [6, 6.07) is 0. The van der Waals surface area contributed by atoms with Crippen LogP contribution in [0.3, 0.4) is 0 Å². The molecule has 2 heterocycles. The molecule has 1 aromatic heterocycles. The number of hydrogen-bond donors (Lipinski definition) is 0. The summed E-state index contributed by atoms with van der Waals surface area (Å²) in [4.78, 5) is 29.5. The number of thiazole rings is 1. The average Bonchev–Trinajstić information content (AvgIpc) is 2.93. The second-order valence-electron chi connectivity index (χ2n) is 5.69. The minimum absolute atomic E-state index is 0.0424. The maximum absolute atomic E-state index is 11.9. The molecule has 0 aliphatic carbocycles. The number of esters is 1. The Labute approximate surface area is 116 Å². The van der Waals surface area contributed by atoms with E-state index >= 15 is 0 Å². The van der Waals surface area contributed by atoms with E-state index in [2.05, 4.69) is 25.8 Å². The van der Waals surface area contributed by atoms with E-state index in [4.69, 9.17) is 4.74 Å². The van der Waals surface area contributed by atoms with Gasteiger partial charge in [-0.25, -0.2) is 4.98 Å². The second-order valence-corrected chi connectivity index (χ2v) is 6.53. The SMILES string of the molecule is COC(=O)C1CC(=O)N(c2nc(C(C)(C)C)cs2)C1. The summed E-state index contributed by atoms with van der Waals surface area (Å²) in [7, 11) is 1.34.